The van der Waals surface area contributed by atoms with Gasteiger partial charge in [0, 0.05) is 18.9 Å². The third kappa shape index (κ3) is 4.87. The van der Waals surface area contributed by atoms with Crippen LogP contribution in [0.25, 0.3) is 11.0 Å². The first-order valence-electron chi connectivity index (χ1n) is 7.30. The summed E-state index contributed by atoms with van der Waals surface area (Å²) in [6, 6.07) is 5.04. The second kappa shape index (κ2) is 6.89. The summed E-state index contributed by atoms with van der Waals surface area (Å²) in [6.45, 7) is 5.10. The maximum absolute atomic E-state index is 11.6. The van der Waals surface area contributed by atoms with Crippen molar-refractivity contribution in [1.29, 1.82) is 0 Å². The maximum Gasteiger partial charge on any atom is 0.407 e. The van der Waals surface area contributed by atoms with Crippen molar-refractivity contribution >= 4 is 17.1 Å². The summed E-state index contributed by atoms with van der Waals surface area (Å²) >= 11 is 0. The van der Waals surface area contributed by atoms with Crippen molar-refractivity contribution in [3.63, 3.8) is 0 Å². The molecule has 1 heterocycles. The van der Waals surface area contributed by atoms with Crippen LogP contribution in [-0.2, 0) is 4.74 Å². The van der Waals surface area contributed by atoms with Crippen molar-refractivity contribution in [2.75, 3.05) is 6.54 Å². The molecule has 1 aromatic carbocycles. The quantitative estimate of drug-likeness (QED) is 0.790. The lowest BCUT2D eigenvalue weighted by Crippen LogP contribution is -2.38. The van der Waals surface area contributed by atoms with E-state index in [2.05, 4.69) is 15.3 Å². The zero-order valence-corrected chi connectivity index (χ0v) is 13.4. The third-order valence-electron chi connectivity index (χ3n) is 3.05. The first kappa shape index (κ1) is 17.1. The number of hydrogen-bond donors (Lipinski definition) is 3. The van der Waals surface area contributed by atoms with E-state index in [1.54, 1.807) is 51.4 Å². The van der Waals surface area contributed by atoms with Crippen LogP contribution in [0.4, 0.5) is 4.79 Å². The molecule has 0 radical (unpaired) electrons. The summed E-state index contributed by atoms with van der Waals surface area (Å²) < 4.78 is 5.07. The minimum atomic E-state index is -1.17. The molecule has 0 fully saturated rings. The van der Waals surface area contributed by atoms with Gasteiger partial charge in [0.1, 0.15) is 17.8 Å². The molecule has 23 heavy (non-hydrogen) atoms. The number of carbonyl (C=O) groups is 1. The molecule has 0 saturated carbocycles. The number of rotatable bonds is 4. The van der Waals surface area contributed by atoms with Gasteiger partial charge in [0.25, 0.3) is 0 Å². The summed E-state index contributed by atoms with van der Waals surface area (Å²) in [4.78, 5) is 19.8. The molecule has 2 aromatic rings. The van der Waals surface area contributed by atoms with Gasteiger partial charge < -0.3 is 20.3 Å². The second-order valence-electron chi connectivity index (χ2n) is 6.20. The highest BCUT2D eigenvalue weighted by Crippen LogP contribution is 2.20. The molecule has 124 valence electrons. The van der Waals surface area contributed by atoms with Crippen molar-refractivity contribution in [3.05, 3.63) is 36.2 Å². The summed E-state index contributed by atoms with van der Waals surface area (Å²) in [5.41, 5.74) is 1.20. The number of carbonyl (C=O) groups excluding carboxylic acids is 1. The number of nitrogens with one attached hydrogen (secondary N) is 1. The van der Waals surface area contributed by atoms with Gasteiger partial charge in [-0.15, -0.1) is 0 Å². The van der Waals surface area contributed by atoms with E-state index in [1.165, 1.54) is 0 Å². The van der Waals surface area contributed by atoms with Gasteiger partial charge in [-0.05, 0) is 38.5 Å². The molecule has 7 heteroatoms. The molecule has 2 unspecified atom stereocenters. The molecule has 1 amide bonds. The van der Waals surface area contributed by atoms with E-state index >= 15 is 0 Å². The SMILES string of the molecule is CC(C)(C)OC(=O)NCC(O)C(O)c1ccc2nccnc2c1. The predicted octanol–water partition coefficient (Wildman–Crippen LogP) is 1.55. The Morgan fingerprint density at radius 2 is 1.87 bits per heavy atom. The van der Waals surface area contributed by atoms with Crippen molar-refractivity contribution in [1.82, 2.24) is 15.3 Å². The Kier molecular flexibility index (Phi) is 5.12. The second-order valence-corrected chi connectivity index (χ2v) is 6.20. The number of aliphatic hydroxyl groups is 2. The van der Waals surface area contributed by atoms with Crippen molar-refractivity contribution < 1.29 is 19.7 Å². The van der Waals surface area contributed by atoms with Crippen LogP contribution in [0.1, 0.15) is 32.4 Å². The Labute approximate surface area is 134 Å². The molecular weight excluding hydrogens is 298 g/mol. The highest BCUT2D eigenvalue weighted by Gasteiger charge is 2.21. The topological polar surface area (TPSA) is 105 Å². The van der Waals surface area contributed by atoms with Crippen molar-refractivity contribution in [2.45, 2.75) is 38.6 Å². The van der Waals surface area contributed by atoms with Crippen LogP contribution in [0.5, 0.6) is 0 Å². The average Bonchev–Trinajstić information content (AvgIpc) is 2.49. The molecule has 0 bridgehead atoms. The van der Waals surface area contributed by atoms with Crippen LogP contribution >= 0.6 is 0 Å². The number of fused-ring (bicyclic) bond motifs is 1. The van der Waals surface area contributed by atoms with E-state index in [0.29, 0.717) is 16.6 Å². The van der Waals surface area contributed by atoms with Gasteiger partial charge in [-0.3, -0.25) is 9.97 Å². The summed E-state index contributed by atoms with van der Waals surface area (Å²) in [5.74, 6) is 0. The van der Waals surface area contributed by atoms with E-state index in [-0.39, 0.29) is 6.54 Å². The fraction of sp³-hybridized carbons (Fsp3) is 0.438. The highest BCUT2D eigenvalue weighted by atomic mass is 16.6. The minimum Gasteiger partial charge on any atom is -0.444 e. The molecular formula is C16H21N3O4. The summed E-state index contributed by atoms with van der Waals surface area (Å²) in [5, 5.41) is 22.7. The molecule has 2 atom stereocenters. The van der Waals surface area contributed by atoms with E-state index in [0.717, 1.165) is 0 Å². The number of hydrogen-bond acceptors (Lipinski definition) is 6. The van der Waals surface area contributed by atoms with Crippen LogP contribution in [-0.4, -0.2) is 44.5 Å². The van der Waals surface area contributed by atoms with Crippen molar-refractivity contribution in [3.8, 4) is 0 Å². The van der Waals surface area contributed by atoms with Crippen molar-refractivity contribution in [2.24, 2.45) is 0 Å². The van der Waals surface area contributed by atoms with Gasteiger partial charge in [0.15, 0.2) is 0 Å². The number of aliphatic hydroxyl groups excluding tert-OH is 2. The number of nitrogens with zero attached hydrogens (tertiary/aromatic N) is 2. The number of alkyl carbamates (subject to hydrolysis) is 1. The fourth-order valence-electron chi connectivity index (χ4n) is 2.00. The minimum absolute atomic E-state index is 0.130. The Bertz CT molecular complexity index is 684. The lowest BCUT2D eigenvalue weighted by Gasteiger charge is -2.22. The average molecular weight is 319 g/mol. The van der Waals surface area contributed by atoms with Gasteiger partial charge in [-0.1, -0.05) is 6.07 Å². The molecule has 2 rings (SSSR count). The highest BCUT2D eigenvalue weighted by molar-refractivity contribution is 5.74. The summed E-state index contributed by atoms with van der Waals surface area (Å²) in [7, 11) is 0. The number of aromatic nitrogens is 2. The Balaban J connectivity index is 1.98. The molecule has 7 nitrogen and oxygen atoms in total. The predicted molar refractivity (Wildman–Crippen MR) is 84.7 cm³/mol. The molecule has 0 saturated heterocycles. The Hall–Kier alpha value is -2.25. The van der Waals surface area contributed by atoms with Crippen LogP contribution in [0.2, 0.25) is 0 Å². The monoisotopic (exact) mass is 319 g/mol. The molecule has 3 N–H and O–H groups in total. The lowest BCUT2D eigenvalue weighted by molar-refractivity contribution is 0.0130. The van der Waals surface area contributed by atoms with Gasteiger partial charge in [-0.25, -0.2) is 4.79 Å². The van der Waals surface area contributed by atoms with Crippen LogP contribution in [0.15, 0.2) is 30.6 Å². The summed E-state index contributed by atoms with van der Waals surface area (Å²) in [6.07, 6.45) is 0.165. The Morgan fingerprint density at radius 3 is 2.52 bits per heavy atom. The largest absolute Gasteiger partial charge is 0.444 e. The molecule has 1 aromatic heterocycles. The molecule has 0 aliphatic carbocycles. The van der Waals surface area contributed by atoms with Gasteiger partial charge >= 0.3 is 6.09 Å². The third-order valence-corrected chi connectivity index (χ3v) is 3.05. The fourth-order valence-corrected chi connectivity index (χ4v) is 2.00. The van der Waals surface area contributed by atoms with Crippen LogP contribution in [0, 0.1) is 0 Å². The number of benzene rings is 1. The van der Waals surface area contributed by atoms with E-state index in [1.807, 2.05) is 0 Å². The van der Waals surface area contributed by atoms with Crippen LogP contribution < -0.4 is 5.32 Å². The molecule has 0 aliphatic heterocycles. The normalized spacial score (nSPS) is 14.3. The Morgan fingerprint density at radius 1 is 1.22 bits per heavy atom. The maximum atomic E-state index is 11.6. The number of amides is 1. The smallest absolute Gasteiger partial charge is 0.407 e. The van der Waals surface area contributed by atoms with E-state index in [9.17, 15) is 15.0 Å². The van der Waals surface area contributed by atoms with Gasteiger partial charge in [-0.2, -0.15) is 0 Å². The number of ether oxygens (including phenoxy) is 1. The van der Waals surface area contributed by atoms with E-state index in [4.69, 9.17) is 4.74 Å². The standard InChI is InChI=1S/C16H21N3O4/c1-16(2,3)23-15(22)19-9-13(20)14(21)10-4-5-11-12(8-10)18-7-6-17-11/h4-8,13-14,20-21H,9H2,1-3H3,(H,19,22). The lowest BCUT2D eigenvalue weighted by atomic mass is 10.0. The zero-order valence-electron chi connectivity index (χ0n) is 13.4. The van der Waals surface area contributed by atoms with Crippen LogP contribution in [0.3, 0.4) is 0 Å². The zero-order chi connectivity index (χ0) is 17.0. The first-order chi connectivity index (χ1) is 10.8. The first-order valence-corrected chi connectivity index (χ1v) is 7.30. The van der Waals surface area contributed by atoms with Gasteiger partial charge in [0.2, 0.25) is 0 Å². The molecule has 0 spiro atoms. The van der Waals surface area contributed by atoms with E-state index < -0.39 is 23.9 Å². The van der Waals surface area contributed by atoms with Gasteiger partial charge in [0.05, 0.1) is 11.0 Å². The molecule has 0 aliphatic rings.